The topological polar surface area (TPSA) is 119 Å². The van der Waals surface area contributed by atoms with Gasteiger partial charge in [-0.1, -0.05) is 6.07 Å². The van der Waals surface area contributed by atoms with E-state index in [0.717, 1.165) is 11.6 Å². The standard InChI is InChI=1S/C20H19F3N2O7S2/c1-4-32-14-7-10(5-6-13(14)31-2)12(9-34(3,29)30)25-17(26)15-11(8-33-16(15)18(25)27)24-19(28)20(21,22)23/h5-8,12H,4,9H2,1-3H3,(H,24,28). The molecule has 9 nitrogen and oxygen atoms in total. The van der Waals surface area contributed by atoms with E-state index in [0.29, 0.717) is 22.0 Å². The first-order valence-corrected chi connectivity index (χ1v) is 12.6. The van der Waals surface area contributed by atoms with Crippen LogP contribution in [0, 0.1) is 0 Å². The maximum Gasteiger partial charge on any atom is 0.471 e. The predicted molar refractivity (Wildman–Crippen MR) is 116 cm³/mol. The summed E-state index contributed by atoms with van der Waals surface area (Å²) >= 11 is 0.667. The maximum absolute atomic E-state index is 13.2. The Kier molecular flexibility index (Phi) is 6.94. The fraction of sp³-hybridized carbons (Fsp3) is 0.350. The van der Waals surface area contributed by atoms with Crippen molar-refractivity contribution in [2.75, 3.05) is 31.0 Å². The fourth-order valence-electron chi connectivity index (χ4n) is 3.39. The molecule has 1 N–H and O–H groups in total. The Morgan fingerprint density at radius 3 is 2.44 bits per heavy atom. The van der Waals surface area contributed by atoms with Crippen molar-refractivity contribution in [1.82, 2.24) is 4.90 Å². The van der Waals surface area contributed by atoms with Crippen molar-refractivity contribution in [3.05, 3.63) is 39.6 Å². The number of methoxy groups -OCH3 is 1. The Balaban J connectivity index is 2.06. The first kappa shape index (κ1) is 25.5. The molecule has 1 aliphatic heterocycles. The Labute approximate surface area is 196 Å². The molecule has 0 fully saturated rings. The molecule has 14 heteroatoms. The lowest BCUT2D eigenvalue weighted by molar-refractivity contribution is -0.167. The molecule has 0 saturated carbocycles. The van der Waals surface area contributed by atoms with Gasteiger partial charge < -0.3 is 14.8 Å². The van der Waals surface area contributed by atoms with Crippen molar-refractivity contribution in [1.29, 1.82) is 0 Å². The highest BCUT2D eigenvalue weighted by Gasteiger charge is 2.46. The average Bonchev–Trinajstić information content (AvgIpc) is 3.25. The number of amides is 3. The molecule has 0 bridgehead atoms. The van der Waals surface area contributed by atoms with E-state index in [1.807, 2.05) is 0 Å². The summed E-state index contributed by atoms with van der Waals surface area (Å²) in [5.41, 5.74) is -0.678. The molecule has 3 amide bonds. The van der Waals surface area contributed by atoms with Crippen molar-refractivity contribution >= 4 is 44.6 Å². The summed E-state index contributed by atoms with van der Waals surface area (Å²) in [6.07, 6.45) is -4.29. The van der Waals surface area contributed by atoms with Gasteiger partial charge in [0, 0.05) is 11.6 Å². The van der Waals surface area contributed by atoms with Crippen LogP contribution in [0.3, 0.4) is 0 Å². The Hall–Kier alpha value is -3.13. The molecule has 34 heavy (non-hydrogen) atoms. The zero-order valence-corrected chi connectivity index (χ0v) is 19.7. The summed E-state index contributed by atoms with van der Waals surface area (Å²) in [5, 5.41) is 2.64. The lowest BCUT2D eigenvalue weighted by Crippen LogP contribution is -2.38. The van der Waals surface area contributed by atoms with E-state index < -0.39 is 56.8 Å². The second-order valence-electron chi connectivity index (χ2n) is 7.24. The fourth-order valence-corrected chi connectivity index (χ4v) is 5.24. The number of alkyl halides is 3. The average molecular weight is 521 g/mol. The van der Waals surface area contributed by atoms with Crippen LogP contribution in [0.1, 0.15) is 38.6 Å². The molecule has 1 atom stereocenters. The summed E-state index contributed by atoms with van der Waals surface area (Å²) in [5.74, 6) is -4.30. The number of ether oxygens (including phenoxy) is 2. The van der Waals surface area contributed by atoms with Gasteiger partial charge in [0.25, 0.3) is 11.8 Å². The number of rotatable bonds is 8. The van der Waals surface area contributed by atoms with Crippen LogP contribution in [-0.4, -0.2) is 62.9 Å². The van der Waals surface area contributed by atoms with Crippen molar-refractivity contribution in [2.24, 2.45) is 0 Å². The number of fused-ring (bicyclic) bond motifs is 1. The number of nitrogens with one attached hydrogen (secondary N) is 1. The number of hydrogen-bond acceptors (Lipinski definition) is 8. The second kappa shape index (κ2) is 9.25. The molecule has 0 spiro atoms. The van der Waals surface area contributed by atoms with Gasteiger partial charge in [-0.3, -0.25) is 19.3 Å². The minimum absolute atomic E-state index is 0.209. The maximum atomic E-state index is 13.2. The smallest absolute Gasteiger partial charge is 0.471 e. The number of sulfone groups is 1. The van der Waals surface area contributed by atoms with Gasteiger partial charge in [-0.15, -0.1) is 11.3 Å². The van der Waals surface area contributed by atoms with Gasteiger partial charge in [-0.2, -0.15) is 13.2 Å². The number of nitrogens with zero attached hydrogens (tertiary/aromatic N) is 1. The summed E-state index contributed by atoms with van der Waals surface area (Å²) in [6, 6.07) is 3.05. The van der Waals surface area contributed by atoms with E-state index in [9.17, 15) is 36.0 Å². The van der Waals surface area contributed by atoms with Crippen LogP contribution in [0.5, 0.6) is 11.5 Å². The van der Waals surface area contributed by atoms with E-state index in [4.69, 9.17) is 9.47 Å². The second-order valence-corrected chi connectivity index (χ2v) is 10.3. The van der Waals surface area contributed by atoms with Gasteiger partial charge in [0.05, 0.1) is 36.8 Å². The molecule has 1 aliphatic rings. The van der Waals surface area contributed by atoms with Crippen LogP contribution in [-0.2, 0) is 14.6 Å². The molecule has 1 unspecified atom stereocenters. The molecule has 0 radical (unpaired) electrons. The minimum Gasteiger partial charge on any atom is -0.493 e. The van der Waals surface area contributed by atoms with Gasteiger partial charge in [0.15, 0.2) is 11.5 Å². The largest absolute Gasteiger partial charge is 0.493 e. The molecule has 184 valence electrons. The molecule has 3 rings (SSSR count). The number of anilines is 1. The molecule has 0 saturated heterocycles. The van der Waals surface area contributed by atoms with Crippen LogP contribution in [0.2, 0.25) is 0 Å². The number of benzene rings is 1. The van der Waals surface area contributed by atoms with Crippen molar-refractivity contribution in [3.63, 3.8) is 0 Å². The molecule has 1 aromatic carbocycles. The highest BCUT2D eigenvalue weighted by molar-refractivity contribution is 7.90. The number of halogens is 3. The Morgan fingerprint density at radius 1 is 1.21 bits per heavy atom. The first-order valence-electron chi connectivity index (χ1n) is 9.64. The van der Waals surface area contributed by atoms with E-state index in [1.54, 1.807) is 12.2 Å². The number of carbonyl (C=O) groups is 3. The number of carbonyl (C=O) groups excluding carboxylic acids is 3. The molecule has 2 aromatic rings. The number of thiophene rings is 1. The Morgan fingerprint density at radius 2 is 1.88 bits per heavy atom. The Bertz CT molecular complexity index is 1260. The summed E-state index contributed by atoms with van der Waals surface area (Å²) in [4.78, 5) is 38.1. The van der Waals surface area contributed by atoms with Crippen LogP contribution in [0.15, 0.2) is 23.6 Å². The normalized spacial score (nSPS) is 14.7. The minimum atomic E-state index is -5.21. The first-order chi connectivity index (χ1) is 15.8. The van der Waals surface area contributed by atoms with Crippen LogP contribution in [0.25, 0.3) is 0 Å². The van der Waals surface area contributed by atoms with E-state index >= 15 is 0 Å². The number of imide groups is 1. The summed E-state index contributed by atoms with van der Waals surface area (Å²) in [7, 11) is -2.35. The van der Waals surface area contributed by atoms with Gasteiger partial charge in [-0.05, 0) is 24.6 Å². The van der Waals surface area contributed by atoms with E-state index in [2.05, 4.69) is 0 Å². The summed E-state index contributed by atoms with van der Waals surface area (Å²) < 4.78 is 73.1. The molecular formula is C20H19F3N2O7S2. The van der Waals surface area contributed by atoms with Crippen LogP contribution >= 0.6 is 11.3 Å². The van der Waals surface area contributed by atoms with E-state index in [1.165, 1.54) is 25.3 Å². The number of hydrogen-bond donors (Lipinski definition) is 1. The predicted octanol–water partition coefficient (Wildman–Crippen LogP) is 3.04. The highest BCUT2D eigenvalue weighted by atomic mass is 32.2. The van der Waals surface area contributed by atoms with Gasteiger partial charge >= 0.3 is 12.1 Å². The van der Waals surface area contributed by atoms with Crippen LogP contribution in [0.4, 0.5) is 18.9 Å². The quantitative estimate of drug-likeness (QED) is 0.532. The van der Waals surface area contributed by atoms with Gasteiger partial charge in [0.1, 0.15) is 14.7 Å². The third-order valence-electron chi connectivity index (χ3n) is 4.79. The molecular weight excluding hydrogens is 501 g/mol. The SMILES string of the molecule is CCOc1cc(C(CS(C)(=O)=O)N2C(=O)c3scc(NC(=O)C(F)(F)F)c3C2=O)ccc1OC. The summed E-state index contributed by atoms with van der Waals surface area (Å²) in [6.45, 7) is 1.96. The van der Waals surface area contributed by atoms with Gasteiger partial charge in [-0.25, -0.2) is 8.42 Å². The van der Waals surface area contributed by atoms with Crippen molar-refractivity contribution in [2.45, 2.75) is 19.1 Å². The third-order valence-corrected chi connectivity index (χ3v) is 6.68. The van der Waals surface area contributed by atoms with Crippen molar-refractivity contribution in [3.8, 4) is 11.5 Å². The zero-order chi connectivity index (χ0) is 25.4. The van der Waals surface area contributed by atoms with Crippen molar-refractivity contribution < 1.29 is 45.4 Å². The highest BCUT2D eigenvalue weighted by Crippen LogP contribution is 2.41. The zero-order valence-electron chi connectivity index (χ0n) is 18.1. The molecule has 0 aliphatic carbocycles. The molecule has 2 heterocycles. The lowest BCUT2D eigenvalue weighted by atomic mass is 10.1. The molecule has 1 aromatic heterocycles. The van der Waals surface area contributed by atoms with Crippen LogP contribution < -0.4 is 14.8 Å². The monoisotopic (exact) mass is 520 g/mol. The third kappa shape index (κ3) is 5.01. The lowest BCUT2D eigenvalue weighted by Gasteiger charge is -2.27. The van der Waals surface area contributed by atoms with E-state index in [-0.39, 0.29) is 22.8 Å². The van der Waals surface area contributed by atoms with Gasteiger partial charge in [0.2, 0.25) is 0 Å².